The standard InChI is InChI=1S/C9H16N2O2S/c1-8(10)9-3-4-11(7-9)5-6-14(2,12)13/h3-4,7-8H,5-6,10H2,1-2H3. The van der Waals surface area contributed by atoms with Crippen molar-refractivity contribution in [1.82, 2.24) is 4.57 Å². The Balaban J connectivity index is 2.61. The lowest BCUT2D eigenvalue weighted by Crippen LogP contribution is -2.10. The van der Waals surface area contributed by atoms with Gasteiger partial charge in [-0.2, -0.15) is 0 Å². The minimum atomic E-state index is -2.89. The number of aryl methyl sites for hydroxylation is 1. The summed E-state index contributed by atoms with van der Waals surface area (Å²) >= 11 is 0. The smallest absolute Gasteiger partial charge is 0.149 e. The largest absolute Gasteiger partial charge is 0.353 e. The minimum absolute atomic E-state index is 0.00511. The van der Waals surface area contributed by atoms with E-state index in [1.165, 1.54) is 6.26 Å². The van der Waals surface area contributed by atoms with Crippen LogP contribution in [-0.4, -0.2) is 25.0 Å². The van der Waals surface area contributed by atoms with E-state index in [0.717, 1.165) is 5.56 Å². The summed E-state index contributed by atoms with van der Waals surface area (Å²) in [4.78, 5) is 0. The van der Waals surface area contributed by atoms with Crippen LogP contribution in [0.5, 0.6) is 0 Å². The molecule has 4 nitrogen and oxygen atoms in total. The van der Waals surface area contributed by atoms with E-state index in [0.29, 0.717) is 6.54 Å². The molecular weight excluding hydrogens is 200 g/mol. The van der Waals surface area contributed by atoms with Crippen molar-refractivity contribution in [1.29, 1.82) is 0 Å². The molecule has 1 aromatic rings. The van der Waals surface area contributed by atoms with Crippen molar-refractivity contribution < 1.29 is 8.42 Å². The van der Waals surface area contributed by atoms with E-state index in [4.69, 9.17) is 5.73 Å². The average Bonchev–Trinajstić information content (AvgIpc) is 2.47. The van der Waals surface area contributed by atoms with Crippen molar-refractivity contribution in [2.45, 2.75) is 19.5 Å². The third-order valence-corrected chi connectivity index (χ3v) is 2.94. The maximum atomic E-state index is 10.9. The fourth-order valence-corrected chi connectivity index (χ4v) is 1.68. The summed E-state index contributed by atoms with van der Waals surface area (Å²) in [5.41, 5.74) is 6.70. The molecule has 1 atom stereocenters. The van der Waals surface area contributed by atoms with Gasteiger partial charge in [0.05, 0.1) is 5.75 Å². The normalized spacial score (nSPS) is 14.2. The van der Waals surface area contributed by atoms with E-state index < -0.39 is 9.84 Å². The summed E-state index contributed by atoms with van der Waals surface area (Å²) in [5.74, 6) is 0.167. The number of hydrogen-bond acceptors (Lipinski definition) is 3. The molecule has 2 N–H and O–H groups in total. The maximum absolute atomic E-state index is 10.9. The van der Waals surface area contributed by atoms with Crippen molar-refractivity contribution in [3.63, 3.8) is 0 Å². The third-order valence-electron chi connectivity index (χ3n) is 2.02. The molecule has 0 aliphatic rings. The lowest BCUT2D eigenvalue weighted by molar-refractivity contribution is 0.594. The van der Waals surface area contributed by atoms with Gasteiger partial charge in [0, 0.05) is 31.2 Å². The molecule has 1 rings (SSSR count). The molecule has 0 spiro atoms. The Hall–Kier alpha value is -0.810. The first-order chi connectivity index (χ1) is 6.38. The highest BCUT2D eigenvalue weighted by Gasteiger charge is 2.04. The van der Waals surface area contributed by atoms with E-state index in [-0.39, 0.29) is 11.8 Å². The number of nitrogens with zero attached hydrogens (tertiary/aromatic N) is 1. The fraction of sp³-hybridized carbons (Fsp3) is 0.556. The maximum Gasteiger partial charge on any atom is 0.149 e. The van der Waals surface area contributed by atoms with Gasteiger partial charge in [-0.15, -0.1) is 0 Å². The van der Waals surface area contributed by atoms with Gasteiger partial charge < -0.3 is 10.3 Å². The van der Waals surface area contributed by atoms with Crippen LogP contribution in [0.1, 0.15) is 18.5 Å². The highest BCUT2D eigenvalue weighted by molar-refractivity contribution is 7.90. The molecule has 0 aliphatic heterocycles. The van der Waals surface area contributed by atoms with Crippen LogP contribution >= 0.6 is 0 Å². The predicted molar refractivity (Wildman–Crippen MR) is 56.7 cm³/mol. The number of rotatable bonds is 4. The zero-order valence-electron chi connectivity index (χ0n) is 8.47. The van der Waals surface area contributed by atoms with Gasteiger partial charge in [0.2, 0.25) is 0 Å². The Labute approximate surface area is 84.6 Å². The van der Waals surface area contributed by atoms with Crippen molar-refractivity contribution >= 4 is 9.84 Å². The fourth-order valence-electron chi connectivity index (χ4n) is 1.14. The van der Waals surface area contributed by atoms with E-state index in [1.54, 1.807) is 0 Å². The average molecular weight is 216 g/mol. The number of hydrogen-bond donors (Lipinski definition) is 1. The second-order valence-electron chi connectivity index (χ2n) is 3.60. The van der Waals surface area contributed by atoms with E-state index in [9.17, 15) is 8.42 Å². The summed E-state index contributed by atoms with van der Waals surface area (Å²) in [5, 5.41) is 0. The van der Waals surface area contributed by atoms with Crippen LogP contribution in [0.25, 0.3) is 0 Å². The van der Waals surface area contributed by atoms with E-state index >= 15 is 0 Å². The quantitative estimate of drug-likeness (QED) is 0.799. The van der Waals surface area contributed by atoms with Gasteiger partial charge in [0.15, 0.2) is 0 Å². The zero-order chi connectivity index (χ0) is 10.8. The first-order valence-corrected chi connectivity index (χ1v) is 6.53. The predicted octanol–water partition coefficient (Wildman–Crippen LogP) is 0.552. The zero-order valence-corrected chi connectivity index (χ0v) is 9.29. The van der Waals surface area contributed by atoms with Crippen molar-refractivity contribution in [2.75, 3.05) is 12.0 Å². The van der Waals surface area contributed by atoms with Crippen molar-refractivity contribution in [3.05, 3.63) is 24.0 Å². The molecule has 5 heteroatoms. The van der Waals surface area contributed by atoms with Crippen molar-refractivity contribution in [3.8, 4) is 0 Å². The highest BCUT2D eigenvalue weighted by atomic mass is 32.2. The molecule has 0 bridgehead atoms. The number of nitrogens with two attached hydrogens (primary N) is 1. The van der Waals surface area contributed by atoms with Crippen LogP contribution in [0.15, 0.2) is 18.5 Å². The SMILES string of the molecule is CC(N)c1ccn(CCS(C)(=O)=O)c1. The first kappa shape index (κ1) is 11.3. The van der Waals surface area contributed by atoms with Gasteiger partial charge in [-0.1, -0.05) is 0 Å². The molecule has 0 amide bonds. The summed E-state index contributed by atoms with van der Waals surface area (Å²) in [7, 11) is -2.89. The molecule has 0 saturated carbocycles. The van der Waals surface area contributed by atoms with E-state index in [1.807, 2.05) is 30.0 Å². The molecule has 0 saturated heterocycles. The summed E-state index contributed by atoms with van der Waals surface area (Å²) < 4.78 is 23.7. The molecule has 80 valence electrons. The van der Waals surface area contributed by atoms with E-state index in [2.05, 4.69) is 0 Å². The second kappa shape index (κ2) is 4.14. The lowest BCUT2D eigenvalue weighted by atomic mass is 10.2. The Morgan fingerprint density at radius 1 is 1.57 bits per heavy atom. The molecule has 0 aromatic carbocycles. The summed E-state index contributed by atoms with van der Waals surface area (Å²) in [6.45, 7) is 2.39. The van der Waals surface area contributed by atoms with Gasteiger partial charge >= 0.3 is 0 Å². The highest BCUT2D eigenvalue weighted by Crippen LogP contribution is 2.09. The Morgan fingerprint density at radius 2 is 2.21 bits per heavy atom. The van der Waals surface area contributed by atoms with Gasteiger partial charge in [-0.3, -0.25) is 0 Å². The number of sulfone groups is 1. The topological polar surface area (TPSA) is 65.1 Å². The van der Waals surface area contributed by atoms with Crippen LogP contribution in [0.2, 0.25) is 0 Å². The minimum Gasteiger partial charge on any atom is -0.353 e. The van der Waals surface area contributed by atoms with Crippen LogP contribution in [0.3, 0.4) is 0 Å². The van der Waals surface area contributed by atoms with Gasteiger partial charge in [0.1, 0.15) is 9.84 Å². The Kier molecular flexibility index (Phi) is 3.34. The monoisotopic (exact) mass is 216 g/mol. The molecule has 1 heterocycles. The Morgan fingerprint density at radius 3 is 2.64 bits per heavy atom. The second-order valence-corrected chi connectivity index (χ2v) is 5.86. The van der Waals surface area contributed by atoms with Crippen LogP contribution in [0.4, 0.5) is 0 Å². The lowest BCUT2D eigenvalue weighted by Gasteiger charge is -2.02. The molecule has 1 aromatic heterocycles. The molecule has 14 heavy (non-hydrogen) atoms. The van der Waals surface area contributed by atoms with Crippen LogP contribution < -0.4 is 5.73 Å². The van der Waals surface area contributed by atoms with Gasteiger partial charge in [-0.05, 0) is 18.6 Å². The van der Waals surface area contributed by atoms with Crippen LogP contribution in [-0.2, 0) is 16.4 Å². The molecule has 0 aliphatic carbocycles. The van der Waals surface area contributed by atoms with Gasteiger partial charge in [-0.25, -0.2) is 8.42 Å². The van der Waals surface area contributed by atoms with Crippen molar-refractivity contribution in [2.24, 2.45) is 5.73 Å². The molecule has 1 unspecified atom stereocenters. The molecular formula is C9H16N2O2S. The first-order valence-electron chi connectivity index (χ1n) is 4.47. The summed E-state index contributed by atoms with van der Waals surface area (Å²) in [6.07, 6.45) is 4.97. The molecule has 0 radical (unpaired) electrons. The third kappa shape index (κ3) is 3.51. The number of aromatic nitrogens is 1. The summed E-state index contributed by atoms with van der Waals surface area (Å²) in [6, 6.07) is 1.90. The van der Waals surface area contributed by atoms with Crippen LogP contribution in [0, 0.1) is 0 Å². The van der Waals surface area contributed by atoms with Gasteiger partial charge in [0.25, 0.3) is 0 Å². The molecule has 0 fully saturated rings. The Bertz CT molecular complexity index is 393.